The Morgan fingerprint density at radius 2 is 0.495 bits per heavy atom. The van der Waals surface area contributed by atoms with Gasteiger partial charge in [-0.2, -0.15) is 0 Å². The third-order valence-corrected chi connectivity index (χ3v) is 19.2. The summed E-state index contributed by atoms with van der Waals surface area (Å²) in [5.74, 6) is -1.39. The monoisotopic (exact) mass is 1370 g/mol. The number of phosphoric ester groups is 2. The number of carbonyl (C=O) groups excluding carboxylic acids is 4. The largest absolute Gasteiger partial charge is 0.472 e. The normalized spacial score (nSPS) is 14.0. The molecule has 0 radical (unpaired) electrons. The fraction of sp³-hybridized carbons (Fsp3) is 0.946. The van der Waals surface area contributed by atoms with Crippen molar-refractivity contribution in [2.24, 2.45) is 5.92 Å². The van der Waals surface area contributed by atoms with Crippen LogP contribution in [-0.4, -0.2) is 96.7 Å². The zero-order chi connectivity index (χ0) is 68.4. The molecule has 19 heteroatoms. The number of unbranched alkanes of at least 4 members (excludes halogenated alkanes) is 46. The SMILES string of the molecule is CCCCCCCCCCCCCCCCCCCCCCCCC(=O)O[C@H](COC(=O)CCCCCCCCCCC(C)C)COP(=O)(O)OC[C@@H](O)COP(=O)(O)OC[C@@H](COC(=O)CCCCCCCCCCCC)OC(=O)CCCCCCCCCCCC. The molecule has 0 aromatic heterocycles. The fourth-order valence-electron chi connectivity index (χ4n) is 11.4. The van der Waals surface area contributed by atoms with Gasteiger partial charge in [-0.05, 0) is 31.6 Å². The van der Waals surface area contributed by atoms with Crippen molar-refractivity contribution < 1.29 is 80.2 Å². The molecule has 5 atom stereocenters. The van der Waals surface area contributed by atoms with Crippen LogP contribution in [0.3, 0.4) is 0 Å². The lowest BCUT2D eigenvalue weighted by Crippen LogP contribution is -2.30. The highest BCUT2D eigenvalue weighted by Gasteiger charge is 2.30. The third-order valence-electron chi connectivity index (χ3n) is 17.3. The summed E-state index contributed by atoms with van der Waals surface area (Å²) >= 11 is 0. The maximum absolute atomic E-state index is 13.0. The van der Waals surface area contributed by atoms with Crippen molar-refractivity contribution in [3.05, 3.63) is 0 Å². The predicted molar refractivity (Wildman–Crippen MR) is 377 cm³/mol. The van der Waals surface area contributed by atoms with Gasteiger partial charge in [-0.1, -0.05) is 336 Å². The van der Waals surface area contributed by atoms with Gasteiger partial charge in [0.2, 0.25) is 0 Å². The standard InChI is InChI=1S/C74H144O17P2/c1-6-9-12-15-18-21-24-25-26-27-28-29-30-31-32-33-34-35-38-45-50-55-60-74(79)91-70(64-85-72(77)58-53-48-43-40-39-41-46-51-56-67(4)5)66-89-93(82,83)87-62-68(75)61-86-92(80,81)88-65-69(90-73(78)59-54-49-44-37-23-20-17-14-11-8-3)63-84-71(76)57-52-47-42-36-22-19-16-13-10-7-2/h67-70,75H,6-66H2,1-5H3,(H,80,81)(H,82,83)/t68-,69+,70+/m0/s1. The van der Waals surface area contributed by atoms with Crippen LogP contribution in [0.5, 0.6) is 0 Å². The van der Waals surface area contributed by atoms with E-state index in [9.17, 15) is 43.2 Å². The number of aliphatic hydroxyl groups excluding tert-OH is 1. The van der Waals surface area contributed by atoms with E-state index in [1.807, 2.05) is 0 Å². The number of carbonyl (C=O) groups is 4. The smallest absolute Gasteiger partial charge is 0.462 e. The van der Waals surface area contributed by atoms with Crippen LogP contribution in [0.15, 0.2) is 0 Å². The molecule has 0 aliphatic rings. The highest BCUT2D eigenvalue weighted by atomic mass is 31.2. The van der Waals surface area contributed by atoms with E-state index < -0.39 is 97.5 Å². The summed E-state index contributed by atoms with van der Waals surface area (Å²) in [5.41, 5.74) is 0. The Morgan fingerprint density at radius 1 is 0.290 bits per heavy atom. The molecule has 0 aliphatic heterocycles. The van der Waals surface area contributed by atoms with E-state index in [1.165, 1.54) is 212 Å². The van der Waals surface area contributed by atoms with Crippen LogP contribution in [0, 0.1) is 5.92 Å². The van der Waals surface area contributed by atoms with E-state index in [2.05, 4.69) is 34.6 Å². The van der Waals surface area contributed by atoms with Gasteiger partial charge in [0.1, 0.15) is 19.3 Å². The van der Waals surface area contributed by atoms with Gasteiger partial charge < -0.3 is 33.8 Å². The summed E-state index contributed by atoms with van der Waals surface area (Å²) in [6.45, 7) is 7.22. The average molecular weight is 1370 g/mol. The second-order valence-corrected chi connectivity index (χ2v) is 30.1. The van der Waals surface area contributed by atoms with Gasteiger partial charge in [0, 0.05) is 25.7 Å². The molecular formula is C74H144O17P2. The summed E-state index contributed by atoms with van der Waals surface area (Å²) in [4.78, 5) is 72.6. The minimum atomic E-state index is -4.95. The Hall–Kier alpha value is -1.94. The first-order valence-electron chi connectivity index (χ1n) is 38.6. The van der Waals surface area contributed by atoms with Gasteiger partial charge in [-0.15, -0.1) is 0 Å². The minimum Gasteiger partial charge on any atom is -0.462 e. The van der Waals surface area contributed by atoms with Crippen molar-refractivity contribution in [3.8, 4) is 0 Å². The quantitative estimate of drug-likeness (QED) is 0.0222. The van der Waals surface area contributed by atoms with Gasteiger partial charge in [-0.25, -0.2) is 9.13 Å². The van der Waals surface area contributed by atoms with E-state index in [4.69, 9.17) is 37.0 Å². The molecule has 552 valence electrons. The molecule has 3 N–H and O–H groups in total. The Kier molecular flexibility index (Phi) is 65.9. The number of rotatable bonds is 74. The molecule has 0 aromatic rings. The molecule has 0 aliphatic carbocycles. The van der Waals surface area contributed by atoms with Crippen LogP contribution in [0.2, 0.25) is 0 Å². The Labute approximate surface area is 568 Å². The van der Waals surface area contributed by atoms with Crippen LogP contribution < -0.4 is 0 Å². The molecule has 2 unspecified atom stereocenters. The molecule has 0 aromatic carbocycles. The Morgan fingerprint density at radius 3 is 0.731 bits per heavy atom. The average Bonchev–Trinajstić information content (AvgIpc) is 1.70. The van der Waals surface area contributed by atoms with Gasteiger partial charge in [0.05, 0.1) is 26.4 Å². The molecule has 0 amide bonds. The van der Waals surface area contributed by atoms with Gasteiger partial charge in [-0.3, -0.25) is 37.3 Å². The van der Waals surface area contributed by atoms with Gasteiger partial charge >= 0.3 is 39.5 Å². The van der Waals surface area contributed by atoms with Crippen LogP contribution >= 0.6 is 15.6 Å². The molecule has 0 fully saturated rings. The van der Waals surface area contributed by atoms with Crippen molar-refractivity contribution in [3.63, 3.8) is 0 Å². The first kappa shape index (κ1) is 91.1. The number of esters is 4. The lowest BCUT2D eigenvalue weighted by Gasteiger charge is -2.21. The molecule has 0 heterocycles. The van der Waals surface area contributed by atoms with Gasteiger partial charge in [0.25, 0.3) is 0 Å². The van der Waals surface area contributed by atoms with E-state index in [0.717, 1.165) is 95.8 Å². The van der Waals surface area contributed by atoms with Crippen molar-refractivity contribution >= 4 is 39.5 Å². The van der Waals surface area contributed by atoms with Crippen LogP contribution in [0.25, 0.3) is 0 Å². The van der Waals surface area contributed by atoms with Crippen LogP contribution in [0.1, 0.15) is 388 Å². The highest BCUT2D eigenvalue weighted by Crippen LogP contribution is 2.45. The highest BCUT2D eigenvalue weighted by molar-refractivity contribution is 7.47. The summed E-state index contributed by atoms with van der Waals surface area (Å²) < 4.78 is 68.3. The predicted octanol–water partition coefficient (Wildman–Crippen LogP) is 21.7. The van der Waals surface area contributed by atoms with E-state index in [0.29, 0.717) is 25.7 Å². The lowest BCUT2D eigenvalue weighted by molar-refractivity contribution is -0.161. The first-order chi connectivity index (χ1) is 45.0. The van der Waals surface area contributed by atoms with Crippen molar-refractivity contribution in [2.75, 3.05) is 39.6 Å². The zero-order valence-corrected chi connectivity index (χ0v) is 62.2. The Bertz CT molecular complexity index is 1790. The van der Waals surface area contributed by atoms with E-state index in [1.54, 1.807) is 0 Å². The molecule has 0 bridgehead atoms. The summed E-state index contributed by atoms with van der Waals surface area (Å²) in [7, 11) is -9.90. The summed E-state index contributed by atoms with van der Waals surface area (Å²) in [5, 5.41) is 10.6. The summed E-state index contributed by atoms with van der Waals surface area (Å²) in [6, 6.07) is 0. The molecule has 17 nitrogen and oxygen atoms in total. The molecular weight excluding hydrogens is 1220 g/mol. The van der Waals surface area contributed by atoms with Crippen LogP contribution in [-0.2, 0) is 65.4 Å². The van der Waals surface area contributed by atoms with E-state index >= 15 is 0 Å². The maximum atomic E-state index is 13.0. The third kappa shape index (κ3) is 68.4. The Balaban J connectivity index is 5.14. The lowest BCUT2D eigenvalue weighted by atomic mass is 10.0. The molecule has 0 spiro atoms. The minimum absolute atomic E-state index is 0.107. The number of aliphatic hydroxyl groups is 1. The molecule has 0 saturated heterocycles. The first-order valence-corrected chi connectivity index (χ1v) is 41.6. The zero-order valence-electron chi connectivity index (χ0n) is 60.4. The maximum Gasteiger partial charge on any atom is 0.472 e. The van der Waals surface area contributed by atoms with Crippen molar-refractivity contribution in [1.29, 1.82) is 0 Å². The number of hydrogen-bond acceptors (Lipinski definition) is 15. The number of ether oxygens (including phenoxy) is 4. The van der Waals surface area contributed by atoms with Crippen LogP contribution in [0.4, 0.5) is 0 Å². The number of phosphoric acid groups is 2. The summed E-state index contributed by atoms with van der Waals surface area (Å²) in [6.07, 6.45) is 55.7. The molecule has 0 rings (SSSR count). The molecule has 93 heavy (non-hydrogen) atoms. The van der Waals surface area contributed by atoms with Gasteiger partial charge in [0.15, 0.2) is 12.2 Å². The fourth-order valence-corrected chi connectivity index (χ4v) is 12.9. The topological polar surface area (TPSA) is 237 Å². The second-order valence-electron chi connectivity index (χ2n) is 27.2. The van der Waals surface area contributed by atoms with Crippen molar-refractivity contribution in [1.82, 2.24) is 0 Å². The second kappa shape index (κ2) is 67.3. The van der Waals surface area contributed by atoms with E-state index in [-0.39, 0.29) is 25.7 Å². The number of hydrogen-bond donors (Lipinski definition) is 3. The van der Waals surface area contributed by atoms with Crippen molar-refractivity contribution in [2.45, 2.75) is 406 Å². The molecule has 0 saturated carbocycles.